The molecule has 96 valence electrons. The van der Waals surface area contributed by atoms with Gasteiger partial charge < -0.3 is 5.11 Å². The van der Waals surface area contributed by atoms with Gasteiger partial charge in [0, 0.05) is 10.6 Å². The van der Waals surface area contributed by atoms with Gasteiger partial charge in [-0.15, -0.1) is 0 Å². The molecule has 1 aliphatic rings. The van der Waals surface area contributed by atoms with Crippen LogP contribution in [0.15, 0.2) is 46.3 Å². The first-order chi connectivity index (χ1) is 9.22. The zero-order valence-corrected chi connectivity index (χ0v) is 11.1. The van der Waals surface area contributed by atoms with Crippen molar-refractivity contribution in [1.82, 2.24) is 4.98 Å². The monoisotopic (exact) mass is 271 g/mol. The average Bonchev–Trinajstić information content (AvgIpc) is 2.86. The zero-order valence-electron chi connectivity index (χ0n) is 10.3. The molecular formula is C15H13NO2S. The lowest BCUT2D eigenvalue weighted by Crippen LogP contribution is -1.95. The summed E-state index contributed by atoms with van der Waals surface area (Å²) in [6.45, 7) is 0. The predicted molar refractivity (Wildman–Crippen MR) is 73.8 cm³/mol. The SMILES string of the molecule is O=C(O)c1cccc(Sc2ccc3c(n2)CCC3)c1. The van der Waals surface area contributed by atoms with Gasteiger partial charge in [-0.3, -0.25) is 0 Å². The van der Waals surface area contributed by atoms with Gasteiger partial charge in [-0.25, -0.2) is 9.78 Å². The van der Waals surface area contributed by atoms with Crippen molar-refractivity contribution in [1.29, 1.82) is 0 Å². The lowest BCUT2D eigenvalue weighted by Gasteiger charge is -2.04. The van der Waals surface area contributed by atoms with Gasteiger partial charge in [0.1, 0.15) is 5.03 Å². The highest BCUT2D eigenvalue weighted by Gasteiger charge is 2.13. The van der Waals surface area contributed by atoms with Crippen molar-refractivity contribution in [2.75, 3.05) is 0 Å². The average molecular weight is 271 g/mol. The Hall–Kier alpha value is -1.81. The van der Waals surface area contributed by atoms with Gasteiger partial charge in [0.05, 0.1) is 5.56 Å². The fraction of sp³-hybridized carbons (Fsp3) is 0.200. The van der Waals surface area contributed by atoms with E-state index in [1.165, 1.54) is 29.4 Å². The highest BCUT2D eigenvalue weighted by atomic mass is 32.2. The first-order valence-electron chi connectivity index (χ1n) is 6.22. The zero-order chi connectivity index (χ0) is 13.2. The minimum atomic E-state index is -0.899. The molecule has 0 saturated heterocycles. The minimum absolute atomic E-state index is 0.311. The maximum atomic E-state index is 10.9. The van der Waals surface area contributed by atoms with Crippen LogP contribution >= 0.6 is 11.8 Å². The summed E-state index contributed by atoms with van der Waals surface area (Å²) in [6.07, 6.45) is 3.37. The van der Waals surface area contributed by atoms with E-state index in [2.05, 4.69) is 11.1 Å². The molecule has 1 aromatic heterocycles. The standard InChI is InChI=1S/C15H13NO2S/c17-15(18)11-4-1-5-12(9-11)19-14-8-7-10-3-2-6-13(10)16-14/h1,4-5,7-9H,2-3,6H2,(H,17,18). The predicted octanol–water partition coefficient (Wildman–Crippen LogP) is 3.42. The Kier molecular flexibility index (Phi) is 3.25. The van der Waals surface area contributed by atoms with Gasteiger partial charge in [0.15, 0.2) is 0 Å². The van der Waals surface area contributed by atoms with Crippen LogP contribution in [0, 0.1) is 0 Å². The van der Waals surface area contributed by atoms with Crippen molar-refractivity contribution < 1.29 is 9.90 Å². The Balaban J connectivity index is 1.85. The van der Waals surface area contributed by atoms with Gasteiger partial charge >= 0.3 is 5.97 Å². The number of carboxylic acid groups (broad SMARTS) is 1. The summed E-state index contributed by atoms with van der Waals surface area (Å²) in [7, 11) is 0. The van der Waals surface area contributed by atoms with E-state index in [4.69, 9.17) is 5.11 Å². The number of aromatic carboxylic acids is 1. The number of aromatic nitrogens is 1. The Bertz CT molecular complexity index is 640. The number of aryl methyl sites for hydroxylation is 2. The molecule has 0 atom stereocenters. The Morgan fingerprint density at radius 2 is 2.11 bits per heavy atom. The van der Waals surface area contributed by atoms with E-state index in [1.54, 1.807) is 18.2 Å². The van der Waals surface area contributed by atoms with Gasteiger partial charge in [-0.1, -0.05) is 23.9 Å². The number of rotatable bonds is 3. The molecule has 1 aromatic carbocycles. The molecule has 0 fully saturated rings. The van der Waals surface area contributed by atoms with Crippen molar-refractivity contribution >= 4 is 17.7 Å². The summed E-state index contributed by atoms with van der Waals surface area (Å²) in [5.74, 6) is -0.899. The normalized spacial score (nSPS) is 13.3. The van der Waals surface area contributed by atoms with E-state index < -0.39 is 5.97 Å². The van der Waals surface area contributed by atoms with Crippen LogP contribution in [0.4, 0.5) is 0 Å². The third-order valence-electron chi connectivity index (χ3n) is 3.21. The van der Waals surface area contributed by atoms with E-state index in [0.717, 1.165) is 22.8 Å². The number of nitrogens with zero attached hydrogens (tertiary/aromatic N) is 1. The van der Waals surface area contributed by atoms with E-state index in [-0.39, 0.29) is 0 Å². The second-order valence-corrected chi connectivity index (χ2v) is 5.64. The van der Waals surface area contributed by atoms with Crippen LogP contribution in [-0.4, -0.2) is 16.1 Å². The molecular weight excluding hydrogens is 258 g/mol. The maximum Gasteiger partial charge on any atom is 0.335 e. The Morgan fingerprint density at radius 1 is 1.21 bits per heavy atom. The van der Waals surface area contributed by atoms with Crippen LogP contribution < -0.4 is 0 Å². The van der Waals surface area contributed by atoms with Crippen molar-refractivity contribution in [2.45, 2.75) is 29.2 Å². The molecule has 3 nitrogen and oxygen atoms in total. The van der Waals surface area contributed by atoms with Crippen LogP contribution in [0.5, 0.6) is 0 Å². The van der Waals surface area contributed by atoms with Crippen molar-refractivity contribution in [3.8, 4) is 0 Å². The summed E-state index contributed by atoms with van der Waals surface area (Å²) < 4.78 is 0. The number of carboxylic acids is 1. The molecule has 2 aromatic rings. The summed E-state index contributed by atoms with van der Waals surface area (Å²) in [5, 5.41) is 9.91. The largest absolute Gasteiger partial charge is 0.478 e. The number of pyridine rings is 1. The fourth-order valence-corrected chi connectivity index (χ4v) is 3.14. The van der Waals surface area contributed by atoms with Gasteiger partial charge in [-0.2, -0.15) is 0 Å². The van der Waals surface area contributed by atoms with Gasteiger partial charge in [0.2, 0.25) is 0 Å². The molecule has 0 aliphatic heterocycles. The second-order valence-electron chi connectivity index (χ2n) is 4.54. The molecule has 0 unspecified atom stereocenters. The third-order valence-corrected chi connectivity index (χ3v) is 4.13. The smallest absolute Gasteiger partial charge is 0.335 e. The summed E-state index contributed by atoms with van der Waals surface area (Å²) >= 11 is 1.51. The number of hydrogen-bond acceptors (Lipinski definition) is 3. The lowest BCUT2D eigenvalue weighted by atomic mass is 10.2. The highest BCUT2D eigenvalue weighted by Crippen LogP contribution is 2.29. The molecule has 1 heterocycles. The van der Waals surface area contributed by atoms with Crippen molar-refractivity contribution in [2.24, 2.45) is 0 Å². The molecule has 1 aliphatic carbocycles. The molecule has 0 saturated carbocycles. The molecule has 0 amide bonds. The highest BCUT2D eigenvalue weighted by molar-refractivity contribution is 7.99. The maximum absolute atomic E-state index is 10.9. The molecule has 1 N–H and O–H groups in total. The number of fused-ring (bicyclic) bond motifs is 1. The first-order valence-corrected chi connectivity index (χ1v) is 7.04. The summed E-state index contributed by atoms with van der Waals surface area (Å²) in [5.41, 5.74) is 2.86. The summed E-state index contributed by atoms with van der Waals surface area (Å²) in [4.78, 5) is 16.5. The van der Waals surface area contributed by atoms with Crippen LogP contribution in [0.1, 0.15) is 28.0 Å². The summed E-state index contributed by atoms with van der Waals surface area (Å²) in [6, 6.07) is 11.1. The van der Waals surface area contributed by atoms with Crippen molar-refractivity contribution in [3.05, 3.63) is 53.2 Å². The molecule has 0 bridgehead atoms. The fourth-order valence-electron chi connectivity index (χ4n) is 2.27. The number of hydrogen-bond donors (Lipinski definition) is 1. The second kappa shape index (κ2) is 5.05. The van der Waals surface area contributed by atoms with Gasteiger partial charge in [0.25, 0.3) is 0 Å². The molecule has 19 heavy (non-hydrogen) atoms. The van der Waals surface area contributed by atoms with E-state index >= 15 is 0 Å². The Labute approximate surface area is 115 Å². The number of benzene rings is 1. The van der Waals surface area contributed by atoms with Gasteiger partial charge in [-0.05, 0) is 49.1 Å². The minimum Gasteiger partial charge on any atom is -0.478 e. The quantitative estimate of drug-likeness (QED) is 0.929. The van der Waals surface area contributed by atoms with Crippen LogP contribution in [0.25, 0.3) is 0 Å². The first kappa shape index (κ1) is 12.2. The molecule has 0 radical (unpaired) electrons. The van der Waals surface area contributed by atoms with E-state index in [9.17, 15) is 4.79 Å². The van der Waals surface area contributed by atoms with E-state index in [1.807, 2.05) is 12.1 Å². The molecule has 4 heteroatoms. The van der Waals surface area contributed by atoms with Crippen molar-refractivity contribution in [3.63, 3.8) is 0 Å². The number of carbonyl (C=O) groups is 1. The lowest BCUT2D eigenvalue weighted by molar-refractivity contribution is 0.0696. The third kappa shape index (κ3) is 2.63. The topological polar surface area (TPSA) is 50.2 Å². The Morgan fingerprint density at radius 3 is 2.95 bits per heavy atom. The van der Waals surface area contributed by atoms with E-state index in [0.29, 0.717) is 5.56 Å². The van der Waals surface area contributed by atoms with Crippen LogP contribution in [-0.2, 0) is 12.8 Å². The van der Waals surface area contributed by atoms with Crippen LogP contribution in [0.2, 0.25) is 0 Å². The molecule has 0 spiro atoms. The molecule has 3 rings (SSSR count). The van der Waals surface area contributed by atoms with Crippen LogP contribution in [0.3, 0.4) is 0 Å².